The van der Waals surface area contributed by atoms with E-state index in [1.54, 1.807) is 23.1 Å². The number of nitrogens with zero attached hydrogens (tertiary/aromatic N) is 1. The standard InChI is InChI=1S/C18H23Cl2N3O2/c19-15-4-3-12(10-16(15)20)18(25)23-9-1-2-13(11-23)17(24)22-14-5-7-21-8-6-14/h3-4,10,13-14,21H,1-2,5-9,11H2,(H,22,24). The first-order valence-corrected chi connectivity index (χ1v) is 9.55. The van der Waals surface area contributed by atoms with Crippen molar-refractivity contribution in [3.63, 3.8) is 0 Å². The largest absolute Gasteiger partial charge is 0.353 e. The summed E-state index contributed by atoms with van der Waals surface area (Å²) in [5, 5.41) is 7.23. The fourth-order valence-corrected chi connectivity index (χ4v) is 3.77. The van der Waals surface area contributed by atoms with Crippen molar-refractivity contribution in [1.29, 1.82) is 0 Å². The second-order valence-corrected chi connectivity index (χ2v) is 7.57. The van der Waals surface area contributed by atoms with Crippen molar-refractivity contribution in [2.75, 3.05) is 26.2 Å². The van der Waals surface area contributed by atoms with Crippen molar-refractivity contribution in [2.45, 2.75) is 31.7 Å². The molecule has 0 saturated carbocycles. The molecule has 2 aliphatic heterocycles. The van der Waals surface area contributed by atoms with Crippen LogP contribution in [-0.2, 0) is 4.79 Å². The smallest absolute Gasteiger partial charge is 0.253 e. The Bertz CT molecular complexity index is 647. The van der Waals surface area contributed by atoms with Gasteiger partial charge in [-0.3, -0.25) is 9.59 Å². The van der Waals surface area contributed by atoms with Gasteiger partial charge in [0.1, 0.15) is 0 Å². The Balaban J connectivity index is 1.60. The van der Waals surface area contributed by atoms with Gasteiger partial charge in [-0.1, -0.05) is 23.2 Å². The van der Waals surface area contributed by atoms with E-state index in [1.807, 2.05) is 0 Å². The molecule has 2 aliphatic rings. The Kier molecular flexibility index (Phi) is 6.20. The SMILES string of the molecule is O=C(NC1CCNCC1)C1CCCN(C(=O)c2ccc(Cl)c(Cl)c2)C1. The number of carbonyl (C=O) groups is 2. The quantitative estimate of drug-likeness (QED) is 0.843. The Morgan fingerprint density at radius 1 is 1.12 bits per heavy atom. The molecule has 0 spiro atoms. The predicted octanol–water partition coefficient (Wildman–Crippen LogP) is 2.71. The molecule has 1 aromatic rings. The lowest BCUT2D eigenvalue weighted by Crippen LogP contribution is -2.49. The fraction of sp³-hybridized carbons (Fsp3) is 0.556. The van der Waals surface area contributed by atoms with Crippen molar-refractivity contribution in [1.82, 2.24) is 15.5 Å². The Morgan fingerprint density at radius 2 is 1.88 bits per heavy atom. The zero-order valence-corrected chi connectivity index (χ0v) is 15.6. The topological polar surface area (TPSA) is 61.4 Å². The van der Waals surface area contributed by atoms with Crippen LogP contribution in [0, 0.1) is 5.92 Å². The molecule has 7 heteroatoms. The molecule has 0 aliphatic carbocycles. The molecule has 2 N–H and O–H groups in total. The number of piperidine rings is 2. The predicted molar refractivity (Wildman–Crippen MR) is 99.1 cm³/mol. The lowest BCUT2D eigenvalue weighted by molar-refractivity contribution is -0.127. The van der Waals surface area contributed by atoms with Gasteiger partial charge in [0.2, 0.25) is 5.91 Å². The van der Waals surface area contributed by atoms with Gasteiger partial charge in [-0.2, -0.15) is 0 Å². The molecule has 1 atom stereocenters. The molecule has 2 saturated heterocycles. The molecule has 0 bridgehead atoms. The van der Waals surface area contributed by atoms with E-state index in [9.17, 15) is 9.59 Å². The molecular weight excluding hydrogens is 361 g/mol. The molecule has 3 rings (SSSR count). The lowest BCUT2D eigenvalue weighted by atomic mass is 9.95. The number of amides is 2. The molecule has 1 unspecified atom stereocenters. The number of hydrogen-bond acceptors (Lipinski definition) is 3. The Labute approximate surface area is 158 Å². The van der Waals surface area contributed by atoms with E-state index in [1.165, 1.54) is 0 Å². The van der Waals surface area contributed by atoms with Gasteiger partial charge in [0.05, 0.1) is 16.0 Å². The van der Waals surface area contributed by atoms with E-state index in [2.05, 4.69) is 10.6 Å². The molecular formula is C18H23Cl2N3O2. The summed E-state index contributed by atoms with van der Waals surface area (Å²) in [5.41, 5.74) is 0.508. The third-order valence-electron chi connectivity index (χ3n) is 4.93. The van der Waals surface area contributed by atoms with Crippen LogP contribution in [-0.4, -0.2) is 48.9 Å². The number of halogens is 2. The Hall–Kier alpha value is -1.30. The summed E-state index contributed by atoms with van der Waals surface area (Å²) in [6.45, 7) is 3.00. The molecule has 2 heterocycles. The van der Waals surface area contributed by atoms with Gasteiger partial charge in [-0.15, -0.1) is 0 Å². The van der Waals surface area contributed by atoms with Crippen molar-refractivity contribution < 1.29 is 9.59 Å². The number of nitrogens with one attached hydrogen (secondary N) is 2. The summed E-state index contributed by atoms with van der Waals surface area (Å²) in [6, 6.07) is 5.14. The van der Waals surface area contributed by atoms with Gasteiger partial charge in [0, 0.05) is 24.7 Å². The highest BCUT2D eigenvalue weighted by Gasteiger charge is 2.30. The number of rotatable bonds is 3. The fourth-order valence-electron chi connectivity index (χ4n) is 3.47. The highest BCUT2D eigenvalue weighted by atomic mass is 35.5. The van der Waals surface area contributed by atoms with E-state index >= 15 is 0 Å². The zero-order valence-electron chi connectivity index (χ0n) is 14.1. The van der Waals surface area contributed by atoms with Gasteiger partial charge < -0.3 is 15.5 Å². The summed E-state index contributed by atoms with van der Waals surface area (Å²) in [4.78, 5) is 27.0. The van der Waals surface area contributed by atoms with Crippen molar-refractivity contribution in [3.05, 3.63) is 33.8 Å². The van der Waals surface area contributed by atoms with Gasteiger partial charge in [-0.05, 0) is 57.0 Å². The molecule has 2 amide bonds. The summed E-state index contributed by atoms with van der Waals surface area (Å²) < 4.78 is 0. The second kappa shape index (κ2) is 8.39. The van der Waals surface area contributed by atoms with Crippen molar-refractivity contribution >= 4 is 35.0 Å². The number of hydrogen-bond donors (Lipinski definition) is 2. The maximum absolute atomic E-state index is 12.7. The molecule has 5 nitrogen and oxygen atoms in total. The van der Waals surface area contributed by atoms with Crippen LogP contribution in [0.25, 0.3) is 0 Å². The van der Waals surface area contributed by atoms with E-state index in [-0.39, 0.29) is 23.8 Å². The van der Waals surface area contributed by atoms with Crippen molar-refractivity contribution in [2.24, 2.45) is 5.92 Å². The monoisotopic (exact) mass is 383 g/mol. The van der Waals surface area contributed by atoms with Crippen LogP contribution in [0.1, 0.15) is 36.0 Å². The van der Waals surface area contributed by atoms with Crippen molar-refractivity contribution in [3.8, 4) is 0 Å². The minimum atomic E-state index is -0.143. The summed E-state index contributed by atoms with van der Waals surface area (Å²) in [6.07, 6.45) is 3.58. The van der Waals surface area contributed by atoms with Crippen LogP contribution in [0.2, 0.25) is 10.0 Å². The van der Waals surface area contributed by atoms with Gasteiger partial charge in [0.15, 0.2) is 0 Å². The molecule has 1 aromatic carbocycles. The average Bonchev–Trinajstić information content (AvgIpc) is 2.64. The molecule has 25 heavy (non-hydrogen) atoms. The van der Waals surface area contributed by atoms with E-state index in [0.717, 1.165) is 38.8 Å². The van der Waals surface area contributed by atoms with E-state index < -0.39 is 0 Å². The van der Waals surface area contributed by atoms with Gasteiger partial charge in [-0.25, -0.2) is 0 Å². The number of carbonyl (C=O) groups excluding carboxylic acids is 2. The maximum Gasteiger partial charge on any atom is 0.253 e. The molecule has 0 radical (unpaired) electrons. The van der Waals surface area contributed by atoms with Gasteiger partial charge >= 0.3 is 0 Å². The minimum Gasteiger partial charge on any atom is -0.353 e. The summed E-state index contributed by atoms with van der Waals surface area (Å²) in [5.74, 6) is -0.174. The highest BCUT2D eigenvalue weighted by molar-refractivity contribution is 6.42. The first-order chi connectivity index (χ1) is 12.0. The van der Waals surface area contributed by atoms with Crippen LogP contribution in [0.15, 0.2) is 18.2 Å². The molecule has 136 valence electrons. The van der Waals surface area contributed by atoms with Crippen LogP contribution < -0.4 is 10.6 Å². The maximum atomic E-state index is 12.7. The highest BCUT2D eigenvalue weighted by Crippen LogP contribution is 2.25. The van der Waals surface area contributed by atoms with Crippen LogP contribution in [0.5, 0.6) is 0 Å². The number of likely N-dealkylation sites (tertiary alicyclic amines) is 1. The third kappa shape index (κ3) is 4.66. The van der Waals surface area contributed by atoms with E-state index in [0.29, 0.717) is 28.7 Å². The summed E-state index contributed by atoms with van der Waals surface area (Å²) >= 11 is 11.9. The minimum absolute atomic E-state index is 0.0681. The zero-order chi connectivity index (χ0) is 17.8. The third-order valence-corrected chi connectivity index (χ3v) is 5.67. The first-order valence-electron chi connectivity index (χ1n) is 8.80. The van der Waals surface area contributed by atoms with Crippen LogP contribution in [0.4, 0.5) is 0 Å². The van der Waals surface area contributed by atoms with Crippen LogP contribution in [0.3, 0.4) is 0 Å². The van der Waals surface area contributed by atoms with Gasteiger partial charge in [0.25, 0.3) is 5.91 Å². The first kappa shape index (κ1) is 18.5. The second-order valence-electron chi connectivity index (χ2n) is 6.75. The molecule has 2 fully saturated rings. The lowest BCUT2D eigenvalue weighted by Gasteiger charge is -2.33. The normalized spacial score (nSPS) is 21.8. The molecule has 0 aromatic heterocycles. The summed E-state index contributed by atoms with van der Waals surface area (Å²) in [7, 11) is 0. The van der Waals surface area contributed by atoms with E-state index in [4.69, 9.17) is 23.2 Å². The average molecular weight is 384 g/mol. The van der Waals surface area contributed by atoms with Crippen LogP contribution >= 0.6 is 23.2 Å². The number of benzene rings is 1. The Morgan fingerprint density at radius 3 is 2.60 bits per heavy atom.